The lowest BCUT2D eigenvalue weighted by Crippen LogP contribution is -2.41. The van der Waals surface area contributed by atoms with Crippen molar-refractivity contribution < 1.29 is 27.8 Å². The van der Waals surface area contributed by atoms with Gasteiger partial charge in [-0.05, 0) is 42.3 Å². The second-order valence-corrected chi connectivity index (χ2v) is 5.73. The van der Waals surface area contributed by atoms with Gasteiger partial charge in [0, 0.05) is 7.05 Å². The highest BCUT2D eigenvalue weighted by Gasteiger charge is 2.23. The number of aryl methyl sites for hydroxylation is 1. The van der Waals surface area contributed by atoms with Crippen molar-refractivity contribution in [2.75, 3.05) is 20.8 Å². The summed E-state index contributed by atoms with van der Waals surface area (Å²) in [5.41, 5.74) is 1.07. The van der Waals surface area contributed by atoms with Crippen LogP contribution in [0.4, 0.5) is 8.78 Å². The molecule has 0 aliphatic carbocycles. The molecule has 2 aromatic carbocycles. The Bertz CT molecular complexity index is 842. The number of methoxy groups -OCH3 is 1. The summed E-state index contributed by atoms with van der Waals surface area (Å²) in [6.07, 6.45) is 0. The summed E-state index contributed by atoms with van der Waals surface area (Å²) in [5.74, 6) is -2.53. The van der Waals surface area contributed by atoms with E-state index in [0.29, 0.717) is 11.5 Å². The zero-order valence-electron chi connectivity index (χ0n) is 15.1. The molecule has 0 fully saturated rings. The zero-order valence-corrected chi connectivity index (χ0v) is 15.1. The van der Waals surface area contributed by atoms with Gasteiger partial charge in [0.1, 0.15) is 6.04 Å². The molecule has 0 radical (unpaired) electrons. The predicted octanol–water partition coefficient (Wildman–Crippen LogP) is 2.26. The van der Waals surface area contributed by atoms with Gasteiger partial charge in [-0.25, -0.2) is 8.78 Å². The van der Waals surface area contributed by atoms with Gasteiger partial charge in [0.05, 0.1) is 7.11 Å². The number of hydrogen-bond acceptors (Lipinski definition) is 4. The van der Waals surface area contributed by atoms with E-state index in [9.17, 15) is 18.4 Å². The van der Waals surface area contributed by atoms with Crippen molar-refractivity contribution in [3.05, 3.63) is 59.2 Å². The highest BCUT2D eigenvalue weighted by Crippen LogP contribution is 2.27. The fourth-order valence-corrected chi connectivity index (χ4v) is 2.38. The molecule has 0 saturated heterocycles. The van der Waals surface area contributed by atoms with E-state index in [0.717, 1.165) is 17.7 Å². The van der Waals surface area contributed by atoms with Crippen molar-refractivity contribution in [3.63, 3.8) is 0 Å². The fourth-order valence-electron chi connectivity index (χ4n) is 2.38. The Balaban J connectivity index is 2.10. The molecule has 8 heteroatoms. The number of nitrogens with one attached hydrogen (secondary N) is 2. The molecule has 2 aromatic rings. The summed E-state index contributed by atoms with van der Waals surface area (Å²) >= 11 is 0. The second kappa shape index (κ2) is 8.98. The van der Waals surface area contributed by atoms with Crippen LogP contribution in [0.5, 0.6) is 11.5 Å². The number of amides is 2. The van der Waals surface area contributed by atoms with Gasteiger partial charge in [0.2, 0.25) is 5.91 Å². The first kappa shape index (κ1) is 20.2. The zero-order chi connectivity index (χ0) is 20.0. The quantitative estimate of drug-likeness (QED) is 0.775. The number of hydrogen-bond donors (Lipinski definition) is 2. The lowest BCUT2D eigenvalue weighted by atomic mass is 10.1. The third-order valence-corrected chi connectivity index (χ3v) is 3.77. The Kier molecular flexibility index (Phi) is 6.70. The summed E-state index contributed by atoms with van der Waals surface area (Å²) in [6, 6.07) is 6.99. The molecule has 6 nitrogen and oxygen atoms in total. The minimum Gasteiger partial charge on any atom is -0.493 e. The van der Waals surface area contributed by atoms with E-state index in [2.05, 4.69) is 10.6 Å². The van der Waals surface area contributed by atoms with Gasteiger partial charge >= 0.3 is 0 Å². The van der Waals surface area contributed by atoms with Crippen LogP contribution in [0.1, 0.15) is 17.2 Å². The maximum absolute atomic E-state index is 13.5. The van der Waals surface area contributed by atoms with Crippen molar-refractivity contribution in [1.82, 2.24) is 10.6 Å². The van der Waals surface area contributed by atoms with Crippen LogP contribution in [-0.4, -0.2) is 32.6 Å². The monoisotopic (exact) mass is 378 g/mol. The lowest BCUT2D eigenvalue weighted by Gasteiger charge is -2.18. The number of carbonyl (C=O) groups excluding carboxylic acids is 2. The van der Waals surface area contributed by atoms with Crippen molar-refractivity contribution in [2.45, 2.75) is 13.0 Å². The van der Waals surface area contributed by atoms with E-state index in [-0.39, 0.29) is 5.56 Å². The topological polar surface area (TPSA) is 76.7 Å². The molecule has 2 rings (SSSR count). The molecule has 2 N–H and O–H groups in total. The highest BCUT2D eigenvalue weighted by molar-refractivity contribution is 5.89. The Morgan fingerprint density at radius 2 is 1.81 bits per heavy atom. The molecule has 0 aromatic heterocycles. The van der Waals surface area contributed by atoms with Gasteiger partial charge in [0.15, 0.2) is 29.7 Å². The van der Waals surface area contributed by atoms with E-state index in [1.165, 1.54) is 20.2 Å². The van der Waals surface area contributed by atoms with Crippen molar-refractivity contribution in [2.24, 2.45) is 0 Å². The molecule has 0 heterocycles. The molecule has 0 aliphatic heterocycles. The number of benzene rings is 2. The molecule has 0 saturated carbocycles. The van der Waals surface area contributed by atoms with E-state index < -0.39 is 36.1 Å². The first-order valence-electron chi connectivity index (χ1n) is 8.09. The summed E-state index contributed by atoms with van der Waals surface area (Å²) in [4.78, 5) is 24.3. The van der Waals surface area contributed by atoms with E-state index in [1.54, 1.807) is 18.2 Å². The molecule has 2 amide bonds. The molecular formula is C19H20F2N2O4. The number of carbonyl (C=O) groups is 2. The van der Waals surface area contributed by atoms with Crippen LogP contribution in [0.25, 0.3) is 0 Å². The van der Waals surface area contributed by atoms with E-state index in [1.807, 2.05) is 6.92 Å². The van der Waals surface area contributed by atoms with Crippen molar-refractivity contribution >= 4 is 11.8 Å². The van der Waals surface area contributed by atoms with Crippen LogP contribution in [0.3, 0.4) is 0 Å². The lowest BCUT2D eigenvalue weighted by molar-refractivity contribution is -0.130. The molecule has 144 valence electrons. The smallest absolute Gasteiger partial charge is 0.258 e. The average molecular weight is 378 g/mol. The molecule has 0 aliphatic rings. The minimum atomic E-state index is -1.19. The summed E-state index contributed by atoms with van der Waals surface area (Å²) in [6.45, 7) is 1.49. The molecule has 0 bridgehead atoms. The first-order valence-corrected chi connectivity index (χ1v) is 8.09. The summed E-state index contributed by atoms with van der Waals surface area (Å²) < 4.78 is 37.2. The Morgan fingerprint density at radius 3 is 2.44 bits per heavy atom. The largest absolute Gasteiger partial charge is 0.493 e. The van der Waals surface area contributed by atoms with Crippen LogP contribution in [-0.2, 0) is 9.59 Å². The molecule has 0 spiro atoms. The molecule has 1 atom stereocenters. The Labute approximate surface area is 155 Å². The van der Waals surface area contributed by atoms with Gasteiger partial charge < -0.3 is 20.1 Å². The number of halogens is 2. The Hall–Kier alpha value is -3.16. The van der Waals surface area contributed by atoms with E-state index in [4.69, 9.17) is 9.47 Å². The molecule has 1 unspecified atom stereocenters. The fraction of sp³-hybridized carbons (Fsp3) is 0.263. The standard InChI is InChI=1S/C19H20F2N2O4/c1-11-4-7-15(16(8-11)26-3)27-10-17(24)23-18(19(25)22-2)12-5-6-13(20)14(21)9-12/h4-9,18H,10H2,1-3H3,(H,22,25)(H,23,24). The SMILES string of the molecule is CNC(=O)C(NC(=O)COc1ccc(C)cc1OC)c1ccc(F)c(F)c1. The number of likely N-dealkylation sites (N-methyl/N-ethyl adjacent to an activating group) is 1. The maximum atomic E-state index is 13.5. The van der Waals surface area contributed by atoms with E-state index >= 15 is 0 Å². The maximum Gasteiger partial charge on any atom is 0.258 e. The van der Waals surface area contributed by atoms with Crippen LogP contribution in [0.15, 0.2) is 36.4 Å². The van der Waals surface area contributed by atoms with Crippen LogP contribution >= 0.6 is 0 Å². The van der Waals surface area contributed by atoms with Gasteiger partial charge in [0.25, 0.3) is 5.91 Å². The predicted molar refractivity (Wildman–Crippen MR) is 94.5 cm³/mol. The first-order chi connectivity index (χ1) is 12.8. The van der Waals surface area contributed by atoms with Gasteiger partial charge in [-0.1, -0.05) is 12.1 Å². The highest BCUT2D eigenvalue weighted by atomic mass is 19.2. The normalized spacial score (nSPS) is 11.4. The summed E-state index contributed by atoms with van der Waals surface area (Å²) in [5, 5.41) is 4.81. The molecule has 27 heavy (non-hydrogen) atoms. The molecular weight excluding hydrogens is 358 g/mol. The third-order valence-electron chi connectivity index (χ3n) is 3.77. The van der Waals surface area contributed by atoms with Crippen molar-refractivity contribution in [1.29, 1.82) is 0 Å². The van der Waals surface area contributed by atoms with Gasteiger partial charge in [-0.15, -0.1) is 0 Å². The second-order valence-electron chi connectivity index (χ2n) is 5.73. The Morgan fingerprint density at radius 1 is 1.07 bits per heavy atom. The van der Waals surface area contributed by atoms with Crippen LogP contribution < -0.4 is 20.1 Å². The van der Waals surface area contributed by atoms with Gasteiger partial charge in [-0.3, -0.25) is 9.59 Å². The van der Waals surface area contributed by atoms with Crippen LogP contribution in [0.2, 0.25) is 0 Å². The van der Waals surface area contributed by atoms with Crippen molar-refractivity contribution in [3.8, 4) is 11.5 Å². The minimum absolute atomic E-state index is 0.106. The van der Waals surface area contributed by atoms with Gasteiger partial charge in [-0.2, -0.15) is 0 Å². The third kappa shape index (κ3) is 5.16. The van der Waals surface area contributed by atoms with Crippen LogP contribution in [0, 0.1) is 18.6 Å². The summed E-state index contributed by atoms with van der Waals surface area (Å²) in [7, 11) is 2.85. The average Bonchev–Trinajstić information content (AvgIpc) is 2.66. The number of ether oxygens (including phenoxy) is 2. The number of rotatable bonds is 7.